The van der Waals surface area contributed by atoms with Crippen LogP contribution in [-0.2, 0) is 19.1 Å². The minimum Gasteiger partial charge on any atom is -0.338 e. The van der Waals surface area contributed by atoms with Gasteiger partial charge in [0.15, 0.2) is 5.82 Å². The third kappa shape index (κ3) is 5.19. The van der Waals surface area contributed by atoms with Gasteiger partial charge in [-0.3, -0.25) is 15.8 Å². The summed E-state index contributed by atoms with van der Waals surface area (Å²) in [6.45, 7) is 1.37. The number of benzene rings is 1. The molecule has 0 radical (unpaired) electrons. The molecule has 1 saturated carbocycles. The van der Waals surface area contributed by atoms with E-state index in [1.54, 1.807) is 6.07 Å². The predicted molar refractivity (Wildman–Crippen MR) is 105 cm³/mol. The zero-order chi connectivity index (χ0) is 21.1. The highest BCUT2D eigenvalue weighted by Gasteiger charge is 2.36. The van der Waals surface area contributed by atoms with Crippen LogP contribution >= 0.6 is 0 Å². The molecule has 0 amide bonds. The number of hydrogen-bond acceptors (Lipinski definition) is 6. The molecule has 3 atom stereocenters. The third-order valence-corrected chi connectivity index (χ3v) is 6.08. The topological polar surface area (TPSA) is 66.2 Å². The Labute approximate surface area is 174 Å². The second-order valence-corrected chi connectivity index (χ2v) is 8.48. The lowest BCUT2D eigenvalue weighted by Crippen LogP contribution is -2.41. The van der Waals surface area contributed by atoms with Crippen LogP contribution in [0.3, 0.4) is 0 Å². The Bertz CT molecular complexity index is 840. The molecule has 2 fully saturated rings. The number of hydrazine groups is 1. The molecule has 6 nitrogen and oxygen atoms in total. The van der Waals surface area contributed by atoms with Gasteiger partial charge in [-0.2, -0.15) is 18.2 Å². The zero-order valence-corrected chi connectivity index (χ0v) is 17.1. The van der Waals surface area contributed by atoms with E-state index < -0.39 is 11.7 Å². The Hall–Kier alpha value is -1.97. The number of halogens is 3. The predicted octanol–water partition coefficient (Wildman–Crippen LogP) is 3.54. The number of fused-ring (bicyclic) bond motifs is 1. The summed E-state index contributed by atoms with van der Waals surface area (Å²) in [5.41, 5.74) is 6.74. The number of nitrogens with zero attached hydrogens (tertiary/aromatic N) is 3. The van der Waals surface area contributed by atoms with Crippen LogP contribution in [0.1, 0.15) is 54.9 Å². The summed E-state index contributed by atoms with van der Waals surface area (Å²) in [6.07, 6.45) is 2.19. The van der Waals surface area contributed by atoms with E-state index in [0.717, 1.165) is 18.7 Å². The largest absolute Gasteiger partial charge is 0.416 e. The van der Waals surface area contributed by atoms with Crippen molar-refractivity contribution in [3.63, 3.8) is 0 Å². The minimum atomic E-state index is -4.36. The van der Waals surface area contributed by atoms with Crippen LogP contribution in [0.4, 0.5) is 13.2 Å². The summed E-state index contributed by atoms with van der Waals surface area (Å²) in [5, 5.41) is 3.94. The molecule has 30 heavy (non-hydrogen) atoms. The molecule has 1 aromatic carbocycles. The SMILES string of the molecule is CN(Cc1nc(Cc2cccc(C(F)(F)F)c2)no1)CC1NNC2CCCCCC21. The lowest BCUT2D eigenvalue weighted by atomic mass is 9.90. The normalized spacial score (nSPS) is 24.8. The van der Waals surface area contributed by atoms with Crippen molar-refractivity contribution < 1.29 is 17.7 Å². The van der Waals surface area contributed by atoms with Crippen molar-refractivity contribution in [2.75, 3.05) is 13.6 Å². The molecule has 2 aromatic rings. The Morgan fingerprint density at radius 3 is 2.83 bits per heavy atom. The number of alkyl halides is 3. The monoisotopic (exact) mass is 423 g/mol. The standard InChI is InChI=1S/C21H28F3N5O/c1-29(12-18-16-8-3-2-4-9-17(16)26-27-18)13-20-25-19(28-30-20)11-14-6-5-7-15(10-14)21(22,23)24/h5-7,10,16-18,26-27H,2-4,8-9,11-13H2,1H3. The number of hydrogen-bond donors (Lipinski definition) is 2. The quantitative estimate of drug-likeness (QED) is 0.741. The molecule has 164 valence electrons. The van der Waals surface area contributed by atoms with Gasteiger partial charge >= 0.3 is 6.18 Å². The molecular weight excluding hydrogens is 395 g/mol. The number of nitrogens with one attached hydrogen (secondary N) is 2. The van der Waals surface area contributed by atoms with Crippen molar-refractivity contribution in [1.82, 2.24) is 25.9 Å². The van der Waals surface area contributed by atoms with Crippen LogP contribution < -0.4 is 10.9 Å². The van der Waals surface area contributed by atoms with Gasteiger partial charge in [-0.1, -0.05) is 42.6 Å². The van der Waals surface area contributed by atoms with Crippen LogP contribution in [0.2, 0.25) is 0 Å². The molecule has 0 spiro atoms. The first-order valence-electron chi connectivity index (χ1n) is 10.6. The fourth-order valence-corrected chi connectivity index (χ4v) is 4.60. The number of rotatable bonds is 6. The second kappa shape index (κ2) is 9.03. The van der Waals surface area contributed by atoms with E-state index >= 15 is 0 Å². The van der Waals surface area contributed by atoms with E-state index in [9.17, 15) is 13.2 Å². The Kier molecular flexibility index (Phi) is 6.40. The summed E-state index contributed by atoms with van der Waals surface area (Å²) in [5.74, 6) is 1.50. The van der Waals surface area contributed by atoms with E-state index in [1.165, 1.54) is 38.2 Å². The summed E-state index contributed by atoms with van der Waals surface area (Å²) in [4.78, 5) is 6.52. The van der Waals surface area contributed by atoms with Crippen molar-refractivity contribution in [2.45, 2.75) is 63.3 Å². The van der Waals surface area contributed by atoms with Crippen molar-refractivity contribution in [3.05, 3.63) is 47.1 Å². The molecule has 1 aromatic heterocycles. The van der Waals surface area contributed by atoms with Crippen LogP contribution in [0.5, 0.6) is 0 Å². The van der Waals surface area contributed by atoms with Crippen LogP contribution in [0.25, 0.3) is 0 Å². The van der Waals surface area contributed by atoms with E-state index in [4.69, 9.17) is 4.52 Å². The van der Waals surface area contributed by atoms with Gasteiger partial charge in [-0.25, -0.2) is 0 Å². The maximum atomic E-state index is 12.9. The molecule has 3 unspecified atom stereocenters. The third-order valence-electron chi connectivity index (χ3n) is 6.08. The van der Waals surface area contributed by atoms with Crippen molar-refractivity contribution in [2.24, 2.45) is 5.92 Å². The summed E-state index contributed by atoms with van der Waals surface area (Å²) >= 11 is 0. The maximum Gasteiger partial charge on any atom is 0.416 e. The highest BCUT2D eigenvalue weighted by molar-refractivity contribution is 5.27. The molecule has 1 saturated heterocycles. The first-order valence-corrected chi connectivity index (χ1v) is 10.6. The van der Waals surface area contributed by atoms with E-state index in [0.29, 0.717) is 41.8 Å². The molecule has 1 aliphatic heterocycles. The number of likely N-dealkylation sites (N-methyl/N-ethyl adjacent to an activating group) is 1. The Morgan fingerprint density at radius 1 is 1.17 bits per heavy atom. The lowest BCUT2D eigenvalue weighted by Gasteiger charge is -2.25. The van der Waals surface area contributed by atoms with Crippen molar-refractivity contribution in [3.8, 4) is 0 Å². The highest BCUT2D eigenvalue weighted by Crippen LogP contribution is 2.30. The summed E-state index contributed by atoms with van der Waals surface area (Å²) in [6, 6.07) is 6.16. The first kappa shape index (κ1) is 21.3. The zero-order valence-electron chi connectivity index (χ0n) is 17.1. The van der Waals surface area contributed by atoms with Gasteiger partial charge in [0.2, 0.25) is 5.89 Å². The fraction of sp³-hybridized carbons (Fsp3) is 0.619. The van der Waals surface area contributed by atoms with Gasteiger partial charge in [-0.05, 0) is 37.4 Å². The average molecular weight is 423 g/mol. The molecule has 2 N–H and O–H groups in total. The smallest absolute Gasteiger partial charge is 0.338 e. The average Bonchev–Trinajstić information content (AvgIpc) is 3.20. The maximum absolute atomic E-state index is 12.9. The second-order valence-electron chi connectivity index (χ2n) is 8.48. The summed E-state index contributed by atoms with van der Waals surface area (Å²) < 4.78 is 44.0. The van der Waals surface area contributed by atoms with E-state index in [-0.39, 0.29) is 6.42 Å². The van der Waals surface area contributed by atoms with E-state index in [1.807, 2.05) is 7.05 Å². The number of aromatic nitrogens is 2. The molecule has 9 heteroatoms. The Balaban J connectivity index is 1.32. The molecule has 4 rings (SSSR count). The minimum absolute atomic E-state index is 0.203. The van der Waals surface area contributed by atoms with Crippen LogP contribution in [0, 0.1) is 5.92 Å². The van der Waals surface area contributed by atoms with Gasteiger partial charge in [0.25, 0.3) is 0 Å². The Morgan fingerprint density at radius 2 is 2.00 bits per heavy atom. The van der Waals surface area contributed by atoms with Crippen LogP contribution in [-0.4, -0.2) is 40.7 Å². The molecule has 1 aliphatic carbocycles. The first-order chi connectivity index (χ1) is 14.4. The van der Waals surface area contributed by atoms with Crippen molar-refractivity contribution >= 4 is 0 Å². The van der Waals surface area contributed by atoms with Gasteiger partial charge in [0, 0.05) is 25.0 Å². The van der Waals surface area contributed by atoms with Gasteiger partial charge in [-0.15, -0.1) is 0 Å². The highest BCUT2D eigenvalue weighted by atomic mass is 19.4. The van der Waals surface area contributed by atoms with Crippen LogP contribution in [0.15, 0.2) is 28.8 Å². The fourth-order valence-electron chi connectivity index (χ4n) is 4.60. The van der Waals surface area contributed by atoms with Gasteiger partial charge in [0.05, 0.1) is 12.1 Å². The van der Waals surface area contributed by atoms with Gasteiger partial charge in [0.1, 0.15) is 0 Å². The molecular formula is C21H28F3N5O. The van der Waals surface area contributed by atoms with Crippen molar-refractivity contribution in [1.29, 1.82) is 0 Å². The molecule has 0 bridgehead atoms. The van der Waals surface area contributed by atoms with E-state index in [2.05, 4.69) is 25.9 Å². The summed E-state index contributed by atoms with van der Waals surface area (Å²) in [7, 11) is 2.02. The lowest BCUT2D eigenvalue weighted by molar-refractivity contribution is -0.137. The van der Waals surface area contributed by atoms with Gasteiger partial charge < -0.3 is 4.52 Å². The molecule has 2 heterocycles. The molecule has 2 aliphatic rings.